The predicted molar refractivity (Wildman–Crippen MR) is 75.8 cm³/mol. The molecule has 0 atom stereocenters. The van der Waals surface area contributed by atoms with Crippen LogP contribution < -0.4 is 10.5 Å². The zero-order valence-electron chi connectivity index (χ0n) is 11.2. The zero-order valence-corrected chi connectivity index (χ0v) is 12.0. The van der Waals surface area contributed by atoms with Crippen molar-refractivity contribution in [2.45, 2.75) is 27.2 Å². The van der Waals surface area contributed by atoms with Crippen LogP contribution in [0.4, 0.5) is 5.69 Å². The molecule has 5 heteroatoms. The molecule has 4 nitrogen and oxygen atoms in total. The third-order valence-electron chi connectivity index (χ3n) is 2.34. The number of nitrogen functional groups attached to an aromatic ring is 1. The number of hydrogen-bond acceptors (Lipinski definition) is 3. The van der Waals surface area contributed by atoms with Crippen LogP contribution in [0.15, 0.2) is 24.3 Å². The minimum Gasteiger partial charge on any atom is -0.399 e. The summed E-state index contributed by atoms with van der Waals surface area (Å²) in [7, 11) is -3.19. The first-order valence-corrected chi connectivity index (χ1v) is 7.65. The summed E-state index contributed by atoms with van der Waals surface area (Å²) in [6.07, 6.45) is 0.670. The van der Waals surface area contributed by atoms with Gasteiger partial charge in [-0.2, -0.15) is 0 Å². The molecule has 0 fully saturated rings. The lowest BCUT2D eigenvalue weighted by molar-refractivity contribution is 0.458. The van der Waals surface area contributed by atoms with Crippen molar-refractivity contribution in [3.05, 3.63) is 29.8 Å². The van der Waals surface area contributed by atoms with Crippen LogP contribution in [0.25, 0.3) is 0 Å². The minimum absolute atomic E-state index is 0.141. The van der Waals surface area contributed by atoms with Crippen molar-refractivity contribution in [2.75, 3.05) is 18.0 Å². The highest BCUT2D eigenvalue weighted by Crippen LogP contribution is 2.15. The molecule has 1 rings (SSSR count). The Balaban J connectivity index is 2.44. The number of rotatable bonds is 5. The van der Waals surface area contributed by atoms with Crippen LogP contribution in [0.3, 0.4) is 0 Å². The Morgan fingerprint density at radius 1 is 1.17 bits per heavy atom. The van der Waals surface area contributed by atoms with E-state index in [2.05, 4.69) is 4.72 Å². The van der Waals surface area contributed by atoms with Gasteiger partial charge in [-0.1, -0.05) is 32.9 Å². The Bertz CT molecular complexity index is 473. The minimum atomic E-state index is -3.19. The zero-order chi connectivity index (χ0) is 13.8. The molecular weight excluding hydrogens is 248 g/mol. The normalized spacial score (nSPS) is 12.6. The largest absolute Gasteiger partial charge is 0.399 e. The summed E-state index contributed by atoms with van der Waals surface area (Å²) in [6.45, 7) is 6.15. The molecule has 0 saturated carbocycles. The number of nitrogens with one attached hydrogen (secondary N) is 1. The predicted octanol–water partition coefficient (Wildman–Crippen LogP) is 1.78. The fourth-order valence-electron chi connectivity index (χ4n) is 1.66. The Morgan fingerprint density at radius 2 is 1.72 bits per heavy atom. The van der Waals surface area contributed by atoms with E-state index in [1.807, 2.05) is 45.0 Å². The summed E-state index contributed by atoms with van der Waals surface area (Å²) >= 11 is 0. The molecule has 0 spiro atoms. The van der Waals surface area contributed by atoms with Gasteiger partial charge in [0.2, 0.25) is 10.0 Å². The van der Waals surface area contributed by atoms with Crippen molar-refractivity contribution in [2.24, 2.45) is 5.41 Å². The van der Waals surface area contributed by atoms with E-state index in [1.165, 1.54) is 0 Å². The standard InChI is InChI=1S/C13H22N2O2S/c1-13(2,3)10-18(16,17)15-9-8-11-4-6-12(14)7-5-11/h4-7,15H,8-10,14H2,1-3H3. The highest BCUT2D eigenvalue weighted by Gasteiger charge is 2.20. The molecule has 18 heavy (non-hydrogen) atoms. The van der Waals surface area contributed by atoms with Crippen LogP contribution in [-0.2, 0) is 16.4 Å². The third kappa shape index (κ3) is 6.02. The molecular formula is C13H22N2O2S. The van der Waals surface area contributed by atoms with Crippen LogP contribution in [0.1, 0.15) is 26.3 Å². The average molecular weight is 270 g/mol. The van der Waals surface area contributed by atoms with Gasteiger partial charge in [0.25, 0.3) is 0 Å². The molecule has 0 saturated heterocycles. The highest BCUT2D eigenvalue weighted by atomic mass is 32.2. The van der Waals surface area contributed by atoms with Gasteiger partial charge in [-0.25, -0.2) is 13.1 Å². The first-order valence-electron chi connectivity index (χ1n) is 6.00. The summed E-state index contributed by atoms with van der Waals surface area (Å²) in [5, 5.41) is 0. The Kier molecular flexibility index (Phi) is 4.76. The van der Waals surface area contributed by atoms with Gasteiger partial charge in [0.1, 0.15) is 0 Å². The Hall–Kier alpha value is -1.07. The molecule has 0 radical (unpaired) electrons. The van der Waals surface area contributed by atoms with Crippen LogP contribution in [0.2, 0.25) is 0 Å². The second kappa shape index (κ2) is 5.71. The molecule has 0 heterocycles. The fourth-order valence-corrected chi connectivity index (χ4v) is 3.31. The van der Waals surface area contributed by atoms with E-state index in [9.17, 15) is 8.42 Å². The summed E-state index contributed by atoms with van der Waals surface area (Å²) in [5.74, 6) is 0.141. The molecule has 1 aromatic rings. The van der Waals surface area contributed by atoms with Crippen molar-refractivity contribution in [3.63, 3.8) is 0 Å². The van der Waals surface area contributed by atoms with Crippen LogP contribution in [0.5, 0.6) is 0 Å². The van der Waals surface area contributed by atoms with Crippen LogP contribution >= 0.6 is 0 Å². The molecule has 3 N–H and O–H groups in total. The van der Waals surface area contributed by atoms with Gasteiger partial charge in [-0.05, 0) is 29.5 Å². The Labute approximate surface area is 110 Å². The summed E-state index contributed by atoms with van der Waals surface area (Å²) < 4.78 is 26.1. The molecule has 0 aromatic heterocycles. The lowest BCUT2D eigenvalue weighted by Crippen LogP contribution is -2.33. The van der Waals surface area contributed by atoms with Gasteiger partial charge in [0, 0.05) is 12.2 Å². The number of sulfonamides is 1. The smallest absolute Gasteiger partial charge is 0.212 e. The maximum Gasteiger partial charge on any atom is 0.212 e. The van der Waals surface area contributed by atoms with E-state index in [0.29, 0.717) is 18.7 Å². The molecule has 0 aliphatic rings. The van der Waals surface area contributed by atoms with E-state index >= 15 is 0 Å². The molecule has 0 aliphatic heterocycles. The third-order valence-corrected chi connectivity index (χ3v) is 4.23. The van der Waals surface area contributed by atoms with E-state index in [0.717, 1.165) is 5.56 Å². The van der Waals surface area contributed by atoms with Gasteiger partial charge in [0.05, 0.1) is 5.75 Å². The van der Waals surface area contributed by atoms with E-state index in [4.69, 9.17) is 5.73 Å². The van der Waals surface area contributed by atoms with Crippen molar-refractivity contribution < 1.29 is 8.42 Å². The second-order valence-corrected chi connectivity index (χ2v) is 7.51. The summed E-state index contributed by atoms with van der Waals surface area (Å²) in [6, 6.07) is 7.46. The maximum atomic E-state index is 11.8. The van der Waals surface area contributed by atoms with Crippen molar-refractivity contribution in [1.82, 2.24) is 4.72 Å². The second-order valence-electron chi connectivity index (χ2n) is 5.71. The first kappa shape index (κ1) is 15.0. The van der Waals surface area contributed by atoms with Crippen molar-refractivity contribution >= 4 is 15.7 Å². The van der Waals surface area contributed by atoms with Crippen molar-refractivity contribution in [1.29, 1.82) is 0 Å². The monoisotopic (exact) mass is 270 g/mol. The van der Waals surface area contributed by atoms with Gasteiger partial charge in [0.15, 0.2) is 0 Å². The SMILES string of the molecule is CC(C)(C)CS(=O)(=O)NCCc1ccc(N)cc1. The summed E-state index contributed by atoms with van der Waals surface area (Å²) in [4.78, 5) is 0. The average Bonchev–Trinajstić information content (AvgIpc) is 2.17. The maximum absolute atomic E-state index is 11.8. The topological polar surface area (TPSA) is 72.2 Å². The lowest BCUT2D eigenvalue weighted by atomic mass is 10.0. The Morgan fingerprint density at radius 3 is 2.22 bits per heavy atom. The molecule has 0 bridgehead atoms. The van der Waals surface area contributed by atoms with Gasteiger partial charge < -0.3 is 5.73 Å². The fraction of sp³-hybridized carbons (Fsp3) is 0.538. The van der Waals surface area contributed by atoms with E-state index in [1.54, 1.807) is 0 Å². The number of anilines is 1. The first-order chi connectivity index (χ1) is 8.18. The number of hydrogen-bond donors (Lipinski definition) is 2. The van der Waals surface area contributed by atoms with Gasteiger partial charge in [-0.15, -0.1) is 0 Å². The van der Waals surface area contributed by atoms with Crippen LogP contribution in [-0.4, -0.2) is 20.7 Å². The van der Waals surface area contributed by atoms with E-state index in [-0.39, 0.29) is 11.2 Å². The molecule has 102 valence electrons. The quantitative estimate of drug-likeness (QED) is 0.801. The van der Waals surface area contributed by atoms with Crippen molar-refractivity contribution in [3.8, 4) is 0 Å². The lowest BCUT2D eigenvalue weighted by Gasteiger charge is -2.18. The summed E-state index contributed by atoms with van der Waals surface area (Å²) in [5.41, 5.74) is 7.14. The van der Waals surface area contributed by atoms with E-state index < -0.39 is 10.0 Å². The molecule has 1 aromatic carbocycles. The van der Waals surface area contributed by atoms with Gasteiger partial charge >= 0.3 is 0 Å². The number of nitrogens with two attached hydrogens (primary N) is 1. The molecule has 0 aliphatic carbocycles. The van der Waals surface area contributed by atoms with Crippen LogP contribution in [0, 0.1) is 5.41 Å². The molecule has 0 unspecified atom stereocenters. The highest BCUT2D eigenvalue weighted by molar-refractivity contribution is 7.89. The number of benzene rings is 1. The molecule has 0 amide bonds. The van der Waals surface area contributed by atoms with Gasteiger partial charge in [-0.3, -0.25) is 0 Å².